The van der Waals surface area contributed by atoms with Crippen molar-refractivity contribution >= 4 is 23.2 Å². The van der Waals surface area contributed by atoms with E-state index in [0.717, 1.165) is 11.3 Å². The van der Waals surface area contributed by atoms with Gasteiger partial charge in [0.1, 0.15) is 0 Å². The van der Waals surface area contributed by atoms with Crippen molar-refractivity contribution in [2.24, 2.45) is 23.7 Å². The molecule has 0 spiro atoms. The van der Waals surface area contributed by atoms with E-state index in [9.17, 15) is 14.7 Å². The summed E-state index contributed by atoms with van der Waals surface area (Å²) in [6.45, 7) is 3.14. The molecule has 4 atom stereocenters. The van der Waals surface area contributed by atoms with Crippen LogP contribution >= 0.6 is 11.3 Å². The minimum Gasteiger partial charge on any atom is -0.481 e. The molecule has 4 nitrogen and oxygen atoms in total. The lowest BCUT2D eigenvalue weighted by Crippen LogP contribution is -2.42. The molecule has 2 aliphatic rings. The van der Waals surface area contributed by atoms with Gasteiger partial charge in [-0.3, -0.25) is 9.59 Å². The molecule has 1 amide bonds. The van der Waals surface area contributed by atoms with Crippen molar-refractivity contribution in [2.45, 2.75) is 19.9 Å². The van der Waals surface area contributed by atoms with E-state index >= 15 is 0 Å². The zero-order chi connectivity index (χ0) is 15.0. The topological polar surface area (TPSA) is 57.6 Å². The molecule has 0 aromatic carbocycles. The maximum Gasteiger partial charge on any atom is 0.307 e. The van der Waals surface area contributed by atoms with Gasteiger partial charge in [0.2, 0.25) is 5.91 Å². The number of carbonyl (C=O) groups excluding carboxylic acids is 1. The van der Waals surface area contributed by atoms with Crippen molar-refractivity contribution in [3.05, 3.63) is 34.5 Å². The van der Waals surface area contributed by atoms with Gasteiger partial charge in [-0.25, -0.2) is 0 Å². The summed E-state index contributed by atoms with van der Waals surface area (Å²) < 4.78 is 0. The zero-order valence-corrected chi connectivity index (χ0v) is 12.8. The van der Waals surface area contributed by atoms with Gasteiger partial charge in [-0.1, -0.05) is 18.2 Å². The molecular weight excluding hydrogens is 286 g/mol. The molecule has 1 heterocycles. The van der Waals surface area contributed by atoms with E-state index in [0.29, 0.717) is 13.1 Å². The highest BCUT2D eigenvalue weighted by atomic mass is 32.1. The summed E-state index contributed by atoms with van der Waals surface area (Å²) in [6.07, 6.45) is 4.82. The normalized spacial score (nSPS) is 29.8. The van der Waals surface area contributed by atoms with Crippen LogP contribution in [-0.2, 0) is 16.1 Å². The molecule has 0 radical (unpaired) electrons. The number of amides is 1. The number of carbonyl (C=O) groups is 2. The second-order valence-corrected chi connectivity index (χ2v) is 6.80. The van der Waals surface area contributed by atoms with Crippen LogP contribution in [0.25, 0.3) is 0 Å². The van der Waals surface area contributed by atoms with Crippen LogP contribution in [0.2, 0.25) is 0 Å². The average molecular weight is 305 g/mol. The van der Waals surface area contributed by atoms with Crippen LogP contribution < -0.4 is 0 Å². The first-order valence-electron chi connectivity index (χ1n) is 7.34. The summed E-state index contributed by atoms with van der Waals surface area (Å²) in [5, 5.41) is 11.5. The number of allylic oxidation sites excluding steroid dienone is 2. The van der Waals surface area contributed by atoms with Gasteiger partial charge in [0.05, 0.1) is 18.4 Å². The average Bonchev–Trinajstić information content (AvgIpc) is 3.19. The number of hydrogen-bond acceptors (Lipinski definition) is 3. The molecule has 112 valence electrons. The standard InChI is InChI=1S/C16H19NO3S/c1-2-17(9-12-4-3-7-21-12)15(18)13-10-5-6-11(8-10)14(13)16(19)20/h3-7,10-11,13-14H,2,8-9H2,1H3,(H,19,20). The number of carboxylic acid groups (broad SMARTS) is 1. The molecule has 2 aliphatic carbocycles. The van der Waals surface area contributed by atoms with E-state index in [-0.39, 0.29) is 17.7 Å². The Morgan fingerprint density at radius 3 is 2.62 bits per heavy atom. The molecule has 0 saturated heterocycles. The van der Waals surface area contributed by atoms with Crippen LogP contribution in [0.5, 0.6) is 0 Å². The first-order valence-corrected chi connectivity index (χ1v) is 8.22. The maximum atomic E-state index is 12.8. The highest BCUT2D eigenvalue weighted by molar-refractivity contribution is 7.09. The van der Waals surface area contributed by atoms with Gasteiger partial charge < -0.3 is 10.0 Å². The smallest absolute Gasteiger partial charge is 0.307 e. The zero-order valence-electron chi connectivity index (χ0n) is 11.9. The minimum atomic E-state index is -0.836. The lowest BCUT2D eigenvalue weighted by molar-refractivity contribution is -0.151. The Labute approximate surface area is 128 Å². The fourth-order valence-corrected chi connectivity index (χ4v) is 4.36. The molecule has 4 unspecified atom stereocenters. The SMILES string of the molecule is CCN(Cc1cccs1)C(=O)C1C2C=CC(C2)C1C(=O)O. The van der Waals surface area contributed by atoms with E-state index in [1.807, 2.05) is 36.6 Å². The quantitative estimate of drug-likeness (QED) is 0.851. The monoisotopic (exact) mass is 305 g/mol. The van der Waals surface area contributed by atoms with Crippen LogP contribution in [0.1, 0.15) is 18.2 Å². The first-order chi connectivity index (χ1) is 10.1. The predicted octanol–water partition coefficient (Wildman–Crippen LogP) is 2.62. The number of hydrogen-bond donors (Lipinski definition) is 1. The lowest BCUT2D eigenvalue weighted by atomic mass is 9.82. The highest BCUT2D eigenvalue weighted by Crippen LogP contribution is 2.48. The first kappa shape index (κ1) is 14.3. The fraction of sp³-hybridized carbons (Fsp3) is 0.500. The number of aliphatic carboxylic acids is 1. The largest absolute Gasteiger partial charge is 0.481 e. The third-order valence-electron chi connectivity index (χ3n) is 4.65. The van der Waals surface area contributed by atoms with Gasteiger partial charge in [-0.15, -0.1) is 11.3 Å². The van der Waals surface area contributed by atoms with Crippen molar-refractivity contribution in [2.75, 3.05) is 6.54 Å². The Balaban J connectivity index is 1.79. The highest BCUT2D eigenvalue weighted by Gasteiger charge is 2.52. The third-order valence-corrected chi connectivity index (χ3v) is 5.51. The van der Waals surface area contributed by atoms with Gasteiger partial charge in [0, 0.05) is 11.4 Å². The third kappa shape index (κ3) is 2.50. The Hall–Kier alpha value is -1.62. The van der Waals surface area contributed by atoms with E-state index in [1.54, 1.807) is 16.2 Å². The van der Waals surface area contributed by atoms with E-state index in [4.69, 9.17) is 0 Å². The summed E-state index contributed by atoms with van der Waals surface area (Å²) in [7, 11) is 0. The van der Waals surface area contributed by atoms with Crippen molar-refractivity contribution in [1.82, 2.24) is 4.90 Å². The number of fused-ring (bicyclic) bond motifs is 2. The Morgan fingerprint density at radius 2 is 2.05 bits per heavy atom. The summed E-state index contributed by atoms with van der Waals surface area (Å²) in [6, 6.07) is 3.98. The number of carboxylic acids is 1. The summed E-state index contributed by atoms with van der Waals surface area (Å²) in [4.78, 5) is 27.3. The van der Waals surface area contributed by atoms with Gasteiger partial charge in [0.15, 0.2) is 0 Å². The Morgan fingerprint density at radius 1 is 1.33 bits per heavy atom. The van der Waals surface area contributed by atoms with Crippen LogP contribution in [0.3, 0.4) is 0 Å². The van der Waals surface area contributed by atoms with Gasteiger partial charge in [-0.05, 0) is 36.6 Å². The lowest BCUT2D eigenvalue weighted by Gasteiger charge is -2.30. The van der Waals surface area contributed by atoms with E-state index in [1.165, 1.54) is 0 Å². The molecular formula is C16H19NO3S. The minimum absolute atomic E-state index is 0.00449. The molecule has 2 bridgehead atoms. The molecule has 21 heavy (non-hydrogen) atoms. The maximum absolute atomic E-state index is 12.8. The number of nitrogens with zero attached hydrogens (tertiary/aromatic N) is 1. The Kier molecular flexibility index (Phi) is 3.85. The van der Waals surface area contributed by atoms with Crippen LogP contribution in [0.4, 0.5) is 0 Å². The molecule has 1 N–H and O–H groups in total. The molecule has 1 fully saturated rings. The molecule has 0 aliphatic heterocycles. The van der Waals surface area contributed by atoms with E-state index < -0.39 is 17.8 Å². The van der Waals surface area contributed by atoms with Crippen molar-refractivity contribution in [3.8, 4) is 0 Å². The summed E-state index contributed by atoms with van der Waals surface area (Å²) in [5.41, 5.74) is 0. The second kappa shape index (κ2) is 5.64. The molecule has 1 aromatic rings. The number of thiophene rings is 1. The van der Waals surface area contributed by atoms with Crippen LogP contribution in [0.15, 0.2) is 29.7 Å². The molecule has 1 saturated carbocycles. The van der Waals surface area contributed by atoms with E-state index in [2.05, 4.69) is 0 Å². The molecule has 5 heteroatoms. The number of rotatable bonds is 5. The fourth-order valence-electron chi connectivity index (χ4n) is 3.64. The molecule has 3 rings (SSSR count). The Bertz CT molecular complexity index is 566. The van der Waals surface area contributed by atoms with Crippen molar-refractivity contribution in [1.29, 1.82) is 0 Å². The van der Waals surface area contributed by atoms with Gasteiger partial charge in [-0.2, -0.15) is 0 Å². The van der Waals surface area contributed by atoms with Crippen molar-refractivity contribution in [3.63, 3.8) is 0 Å². The predicted molar refractivity (Wildman–Crippen MR) is 80.8 cm³/mol. The summed E-state index contributed by atoms with van der Waals surface area (Å²) >= 11 is 1.62. The molecule has 1 aromatic heterocycles. The van der Waals surface area contributed by atoms with Crippen LogP contribution in [0, 0.1) is 23.7 Å². The second-order valence-electron chi connectivity index (χ2n) is 5.77. The van der Waals surface area contributed by atoms with Crippen molar-refractivity contribution < 1.29 is 14.7 Å². The van der Waals surface area contributed by atoms with Gasteiger partial charge in [0.25, 0.3) is 0 Å². The van der Waals surface area contributed by atoms with Crippen LogP contribution in [-0.4, -0.2) is 28.4 Å². The summed E-state index contributed by atoms with van der Waals surface area (Å²) in [5.74, 6) is -1.65. The van der Waals surface area contributed by atoms with Gasteiger partial charge >= 0.3 is 5.97 Å².